The number of benzene rings is 1. The van der Waals surface area contributed by atoms with Gasteiger partial charge in [-0.25, -0.2) is 0 Å². The normalized spacial score (nSPS) is 26.1. The largest absolute Gasteiger partial charge is 0.366 e. The van der Waals surface area contributed by atoms with E-state index in [1.54, 1.807) is 0 Å². The Hall–Kier alpha value is -0.130. The Morgan fingerprint density at radius 3 is 2.65 bits per heavy atom. The second kappa shape index (κ2) is 6.16. The van der Waals surface area contributed by atoms with E-state index >= 15 is 0 Å². The smallest absolute Gasteiger partial charge is 0.181 e. The SMILES string of the molecule is OC1COC(CC(CBr)c2ccc(Cl)cc2)O1. The van der Waals surface area contributed by atoms with Crippen molar-refractivity contribution in [1.82, 2.24) is 0 Å². The van der Waals surface area contributed by atoms with Gasteiger partial charge in [-0.05, 0) is 23.6 Å². The summed E-state index contributed by atoms with van der Waals surface area (Å²) in [5, 5.41) is 10.8. The zero-order valence-electron chi connectivity index (χ0n) is 9.18. The molecule has 0 amide bonds. The van der Waals surface area contributed by atoms with Crippen LogP contribution in [0.1, 0.15) is 17.9 Å². The van der Waals surface area contributed by atoms with Gasteiger partial charge in [-0.2, -0.15) is 0 Å². The number of hydrogen-bond donors (Lipinski definition) is 1. The summed E-state index contributed by atoms with van der Waals surface area (Å²) in [4.78, 5) is 0. The summed E-state index contributed by atoms with van der Waals surface area (Å²) in [7, 11) is 0. The molecule has 3 atom stereocenters. The van der Waals surface area contributed by atoms with Crippen LogP contribution >= 0.6 is 27.5 Å². The van der Waals surface area contributed by atoms with E-state index in [1.165, 1.54) is 5.56 Å². The molecule has 0 bridgehead atoms. The first-order valence-corrected chi connectivity index (χ1v) is 6.95. The molecule has 1 aliphatic heterocycles. The number of rotatable bonds is 4. The highest BCUT2D eigenvalue weighted by Gasteiger charge is 2.27. The van der Waals surface area contributed by atoms with Crippen LogP contribution in [0, 0.1) is 0 Å². The Bertz CT molecular complexity index is 357. The molecule has 1 aliphatic rings. The lowest BCUT2D eigenvalue weighted by atomic mass is 9.98. The van der Waals surface area contributed by atoms with Crippen molar-refractivity contribution < 1.29 is 14.6 Å². The molecule has 94 valence electrons. The zero-order chi connectivity index (χ0) is 12.3. The molecule has 5 heteroatoms. The summed E-state index contributed by atoms with van der Waals surface area (Å²) in [6.07, 6.45) is -0.409. The van der Waals surface area contributed by atoms with E-state index in [2.05, 4.69) is 15.9 Å². The van der Waals surface area contributed by atoms with Crippen molar-refractivity contribution in [3.05, 3.63) is 34.9 Å². The zero-order valence-corrected chi connectivity index (χ0v) is 11.5. The molecule has 1 aromatic carbocycles. The molecule has 1 aromatic rings. The van der Waals surface area contributed by atoms with Crippen molar-refractivity contribution >= 4 is 27.5 Å². The van der Waals surface area contributed by atoms with Crippen LogP contribution in [0.25, 0.3) is 0 Å². The minimum atomic E-state index is -0.791. The first-order chi connectivity index (χ1) is 8.19. The molecule has 1 saturated heterocycles. The monoisotopic (exact) mass is 320 g/mol. The topological polar surface area (TPSA) is 38.7 Å². The molecule has 0 aliphatic carbocycles. The van der Waals surface area contributed by atoms with Gasteiger partial charge in [0.15, 0.2) is 12.6 Å². The Morgan fingerprint density at radius 1 is 1.41 bits per heavy atom. The third-order valence-electron chi connectivity index (χ3n) is 2.74. The summed E-state index contributed by atoms with van der Waals surface area (Å²) in [6, 6.07) is 7.74. The molecule has 1 N–H and O–H groups in total. The third kappa shape index (κ3) is 3.66. The highest BCUT2D eigenvalue weighted by molar-refractivity contribution is 9.09. The maximum atomic E-state index is 9.22. The number of hydrogen-bond acceptors (Lipinski definition) is 3. The van der Waals surface area contributed by atoms with Gasteiger partial charge in [-0.15, -0.1) is 0 Å². The van der Waals surface area contributed by atoms with Crippen LogP contribution in [0.2, 0.25) is 5.02 Å². The van der Waals surface area contributed by atoms with Crippen molar-refractivity contribution in [2.45, 2.75) is 24.9 Å². The summed E-state index contributed by atoms with van der Waals surface area (Å²) in [6.45, 7) is 0.250. The van der Waals surface area contributed by atoms with Crippen LogP contribution in [-0.2, 0) is 9.47 Å². The van der Waals surface area contributed by atoms with Crippen LogP contribution in [0.5, 0.6) is 0 Å². The van der Waals surface area contributed by atoms with E-state index in [9.17, 15) is 5.11 Å². The van der Waals surface area contributed by atoms with Gasteiger partial charge in [0, 0.05) is 16.8 Å². The van der Waals surface area contributed by atoms with E-state index in [-0.39, 0.29) is 18.8 Å². The molecule has 3 nitrogen and oxygen atoms in total. The van der Waals surface area contributed by atoms with Crippen molar-refractivity contribution in [3.63, 3.8) is 0 Å². The maximum absolute atomic E-state index is 9.22. The lowest BCUT2D eigenvalue weighted by Gasteiger charge is -2.18. The molecular weight excluding hydrogens is 307 g/mol. The van der Waals surface area contributed by atoms with E-state index in [0.717, 1.165) is 10.4 Å². The highest BCUT2D eigenvalue weighted by Crippen LogP contribution is 2.28. The van der Waals surface area contributed by atoms with Gasteiger partial charge in [-0.3, -0.25) is 0 Å². The minimum absolute atomic E-state index is 0.250. The van der Waals surface area contributed by atoms with Crippen LogP contribution in [0.15, 0.2) is 24.3 Å². The Labute approximate surface area is 114 Å². The fraction of sp³-hybridized carbons (Fsp3) is 0.500. The average molecular weight is 322 g/mol. The number of halogens is 2. The van der Waals surface area contributed by atoms with Gasteiger partial charge in [0.05, 0.1) is 0 Å². The first kappa shape index (κ1) is 13.3. The molecule has 17 heavy (non-hydrogen) atoms. The van der Waals surface area contributed by atoms with Crippen LogP contribution in [0.4, 0.5) is 0 Å². The van der Waals surface area contributed by atoms with Crippen molar-refractivity contribution in [2.24, 2.45) is 0 Å². The standard InChI is InChI=1S/C12H14BrClO3/c13-6-9(5-12-16-7-11(15)17-12)8-1-3-10(14)4-2-8/h1-4,9,11-12,15H,5-7H2. The summed E-state index contributed by atoms with van der Waals surface area (Å²) >= 11 is 9.34. The van der Waals surface area contributed by atoms with E-state index in [1.807, 2.05) is 24.3 Å². The van der Waals surface area contributed by atoms with Gasteiger partial charge in [0.1, 0.15) is 6.61 Å². The van der Waals surface area contributed by atoms with Gasteiger partial charge in [-0.1, -0.05) is 39.7 Å². The maximum Gasteiger partial charge on any atom is 0.181 e. The number of aliphatic hydroxyl groups excluding tert-OH is 1. The summed E-state index contributed by atoms with van der Waals surface area (Å²) < 4.78 is 10.5. The van der Waals surface area contributed by atoms with E-state index in [4.69, 9.17) is 21.1 Å². The van der Waals surface area contributed by atoms with Crippen LogP contribution in [-0.4, -0.2) is 29.6 Å². The van der Waals surface area contributed by atoms with Gasteiger partial charge in [0.2, 0.25) is 0 Å². The number of aliphatic hydroxyl groups is 1. The quantitative estimate of drug-likeness (QED) is 0.867. The Kier molecular flexibility index (Phi) is 4.82. The van der Waals surface area contributed by atoms with E-state index in [0.29, 0.717) is 6.42 Å². The number of ether oxygens (including phenoxy) is 2. The van der Waals surface area contributed by atoms with Crippen LogP contribution < -0.4 is 0 Å². The van der Waals surface area contributed by atoms with Gasteiger partial charge < -0.3 is 14.6 Å². The van der Waals surface area contributed by atoms with Crippen molar-refractivity contribution in [3.8, 4) is 0 Å². The molecule has 1 heterocycles. The predicted octanol–water partition coefficient (Wildman–Crippen LogP) is 2.90. The molecular formula is C12H14BrClO3. The van der Waals surface area contributed by atoms with Crippen LogP contribution in [0.3, 0.4) is 0 Å². The molecule has 3 unspecified atom stereocenters. The van der Waals surface area contributed by atoms with Crippen molar-refractivity contribution in [2.75, 3.05) is 11.9 Å². The molecule has 1 fully saturated rings. The second-order valence-electron chi connectivity index (χ2n) is 3.99. The minimum Gasteiger partial charge on any atom is -0.366 e. The average Bonchev–Trinajstić information content (AvgIpc) is 2.73. The van der Waals surface area contributed by atoms with Gasteiger partial charge in [0.25, 0.3) is 0 Å². The lowest BCUT2D eigenvalue weighted by molar-refractivity contribution is -0.118. The van der Waals surface area contributed by atoms with E-state index < -0.39 is 6.29 Å². The lowest BCUT2D eigenvalue weighted by Crippen LogP contribution is -2.16. The van der Waals surface area contributed by atoms with Crippen molar-refractivity contribution in [1.29, 1.82) is 0 Å². The summed E-state index contributed by atoms with van der Waals surface area (Å²) in [5.41, 5.74) is 1.18. The second-order valence-corrected chi connectivity index (χ2v) is 5.08. The molecule has 0 saturated carbocycles. The fourth-order valence-corrected chi connectivity index (χ4v) is 2.59. The third-order valence-corrected chi connectivity index (χ3v) is 3.77. The fourth-order valence-electron chi connectivity index (χ4n) is 1.82. The molecule has 2 rings (SSSR count). The first-order valence-electron chi connectivity index (χ1n) is 5.45. The Morgan fingerprint density at radius 2 is 2.12 bits per heavy atom. The van der Waals surface area contributed by atoms with Gasteiger partial charge >= 0.3 is 0 Å². The molecule has 0 spiro atoms. The molecule has 0 aromatic heterocycles. The Balaban J connectivity index is 1.98. The predicted molar refractivity (Wildman–Crippen MR) is 69.4 cm³/mol. The summed E-state index contributed by atoms with van der Waals surface area (Å²) in [5.74, 6) is 0.280. The number of alkyl halides is 1. The molecule has 0 radical (unpaired) electrons. The highest BCUT2D eigenvalue weighted by atomic mass is 79.9.